The lowest BCUT2D eigenvalue weighted by Gasteiger charge is -2.05. The molecule has 0 saturated heterocycles. The highest BCUT2D eigenvalue weighted by Gasteiger charge is 2.17. The zero-order valence-electron chi connectivity index (χ0n) is 11.9. The second-order valence-electron chi connectivity index (χ2n) is 4.76. The molecule has 2 N–H and O–H groups in total. The molecule has 0 unspecified atom stereocenters. The first kappa shape index (κ1) is 16.0. The Bertz CT molecular complexity index is 726. The van der Waals surface area contributed by atoms with Gasteiger partial charge in [-0.25, -0.2) is 13.1 Å². The first-order valence-electron chi connectivity index (χ1n) is 6.46. The minimum atomic E-state index is -3.53. The molecule has 0 aliphatic heterocycles. The Hall–Kier alpha value is -1.34. The molecule has 21 heavy (non-hydrogen) atoms. The van der Waals surface area contributed by atoms with Crippen molar-refractivity contribution in [1.82, 2.24) is 14.6 Å². The van der Waals surface area contributed by atoms with E-state index < -0.39 is 10.0 Å². The van der Waals surface area contributed by atoms with Gasteiger partial charge in [0, 0.05) is 37.1 Å². The summed E-state index contributed by atoms with van der Waals surface area (Å²) >= 11 is 5.88. The monoisotopic (exact) mass is 327 g/mol. The van der Waals surface area contributed by atoms with Crippen LogP contribution in [0.4, 0.5) is 0 Å². The van der Waals surface area contributed by atoms with Crippen LogP contribution in [0, 0.1) is 0 Å². The van der Waals surface area contributed by atoms with E-state index in [0.29, 0.717) is 11.6 Å². The van der Waals surface area contributed by atoms with Gasteiger partial charge in [-0.1, -0.05) is 23.7 Å². The summed E-state index contributed by atoms with van der Waals surface area (Å²) < 4.78 is 28.9. The van der Waals surface area contributed by atoms with Crippen molar-refractivity contribution in [3.63, 3.8) is 0 Å². The highest BCUT2D eigenvalue weighted by molar-refractivity contribution is 7.89. The van der Waals surface area contributed by atoms with Crippen molar-refractivity contribution in [3.05, 3.63) is 52.8 Å². The lowest BCUT2D eigenvalue weighted by molar-refractivity contribution is 0.581. The van der Waals surface area contributed by atoms with Gasteiger partial charge in [0.15, 0.2) is 0 Å². The first-order chi connectivity index (χ1) is 9.92. The van der Waals surface area contributed by atoms with Gasteiger partial charge < -0.3 is 9.88 Å². The van der Waals surface area contributed by atoms with E-state index in [0.717, 1.165) is 11.3 Å². The van der Waals surface area contributed by atoms with Crippen LogP contribution in [0.1, 0.15) is 11.3 Å². The molecule has 0 amide bonds. The average molecular weight is 328 g/mol. The molecule has 5 nitrogen and oxygen atoms in total. The maximum absolute atomic E-state index is 12.3. The molecule has 1 aromatic heterocycles. The lowest BCUT2D eigenvalue weighted by atomic mass is 10.2. The highest BCUT2D eigenvalue weighted by Crippen LogP contribution is 2.15. The van der Waals surface area contributed by atoms with Gasteiger partial charge in [0.1, 0.15) is 0 Å². The van der Waals surface area contributed by atoms with Crippen molar-refractivity contribution in [2.24, 2.45) is 7.05 Å². The summed E-state index contributed by atoms with van der Waals surface area (Å²) in [5.74, 6) is 0. The SMILES string of the molecule is CNCc1cc(S(=O)(=O)NCc2cccc(Cl)c2)cn1C. The quantitative estimate of drug-likeness (QED) is 0.851. The van der Waals surface area contributed by atoms with Crippen LogP contribution in [0.3, 0.4) is 0 Å². The summed E-state index contributed by atoms with van der Waals surface area (Å²) in [6, 6.07) is 8.77. The second kappa shape index (κ2) is 6.62. The number of sulfonamides is 1. The van der Waals surface area contributed by atoms with Crippen molar-refractivity contribution in [2.75, 3.05) is 7.05 Å². The van der Waals surface area contributed by atoms with Gasteiger partial charge in [-0.05, 0) is 30.8 Å². The molecule has 0 bridgehead atoms. The van der Waals surface area contributed by atoms with E-state index in [4.69, 9.17) is 11.6 Å². The van der Waals surface area contributed by atoms with E-state index in [9.17, 15) is 8.42 Å². The van der Waals surface area contributed by atoms with Crippen molar-refractivity contribution < 1.29 is 8.42 Å². The molecule has 114 valence electrons. The summed E-state index contributed by atoms with van der Waals surface area (Å²) in [6.45, 7) is 0.819. The van der Waals surface area contributed by atoms with Crippen LogP contribution in [0.5, 0.6) is 0 Å². The molecule has 0 aliphatic carbocycles. The average Bonchev–Trinajstić information content (AvgIpc) is 2.80. The van der Waals surface area contributed by atoms with E-state index in [-0.39, 0.29) is 11.4 Å². The largest absolute Gasteiger partial charge is 0.352 e. The Morgan fingerprint density at radius 3 is 2.67 bits per heavy atom. The van der Waals surface area contributed by atoms with Gasteiger partial charge in [-0.2, -0.15) is 0 Å². The van der Waals surface area contributed by atoms with Gasteiger partial charge in [0.2, 0.25) is 10.0 Å². The predicted molar refractivity (Wildman–Crippen MR) is 83.7 cm³/mol. The minimum Gasteiger partial charge on any atom is -0.352 e. The number of rotatable bonds is 6. The fourth-order valence-electron chi connectivity index (χ4n) is 1.99. The molecule has 0 atom stereocenters. The molecule has 7 heteroatoms. The van der Waals surface area contributed by atoms with Gasteiger partial charge in [0.25, 0.3) is 0 Å². The molecule has 0 aliphatic rings. The van der Waals surface area contributed by atoms with Crippen LogP contribution >= 0.6 is 11.6 Å². The molecule has 1 heterocycles. The zero-order chi connectivity index (χ0) is 15.5. The molecule has 0 saturated carbocycles. The number of nitrogens with zero attached hydrogens (tertiary/aromatic N) is 1. The van der Waals surface area contributed by atoms with Crippen molar-refractivity contribution in [3.8, 4) is 0 Å². The predicted octanol–water partition coefficient (Wildman–Crippen LogP) is 1.88. The van der Waals surface area contributed by atoms with Crippen molar-refractivity contribution in [1.29, 1.82) is 0 Å². The normalized spacial score (nSPS) is 11.8. The van der Waals surface area contributed by atoms with Crippen LogP contribution in [0.25, 0.3) is 0 Å². The van der Waals surface area contributed by atoms with E-state index >= 15 is 0 Å². The number of hydrogen-bond donors (Lipinski definition) is 2. The number of halogens is 1. The third-order valence-electron chi connectivity index (χ3n) is 3.11. The van der Waals surface area contributed by atoms with Crippen LogP contribution in [-0.2, 0) is 30.2 Å². The third kappa shape index (κ3) is 4.07. The van der Waals surface area contributed by atoms with Gasteiger partial charge >= 0.3 is 0 Å². The molecule has 2 aromatic rings. The maximum atomic E-state index is 12.3. The van der Waals surface area contributed by atoms with Crippen LogP contribution in [0.2, 0.25) is 5.02 Å². The fraction of sp³-hybridized carbons (Fsp3) is 0.286. The van der Waals surface area contributed by atoms with E-state index in [1.54, 1.807) is 35.0 Å². The summed E-state index contributed by atoms with van der Waals surface area (Å²) in [7, 11) is 0.107. The summed E-state index contributed by atoms with van der Waals surface area (Å²) in [4.78, 5) is 0.261. The summed E-state index contributed by atoms with van der Waals surface area (Å²) in [5.41, 5.74) is 1.72. The molecular formula is C14H18ClN3O2S. The Kier molecular flexibility index (Phi) is 5.05. The number of benzene rings is 1. The molecular weight excluding hydrogens is 310 g/mol. The summed E-state index contributed by atoms with van der Waals surface area (Å²) in [6.07, 6.45) is 1.60. The standard InChI is InChI=1S/C14H18ClN3O2S/c1-16-9-13-7-14(10-18(13)2)21(19,20)17-8-11-4-3-5-12(15)6-11/h3-7,10,16-17H,8-9H2,1-2H3. The van der Waals surface area contributed by atoms with E-state index in [1.165, 1.54) is 0 Å². The minimum absolute atomic E-state index is 0.207. The fourth-order valence-corrected chi connectivity index (χ4v) is 3.31. The number of aromatic nitrogens is 1. The Labute approximate surface area is 130 Å². The second-order valence-corrected chi connectivity index (χ2v) is 6.97. The van der Waals surface area contributed by atoms with Crippen molar-refractivity contribution >= 4 is 21.6 Å². The smallest absolute Gasteiger partial charge is 0.242 e. The summed E-state index contributed by atoms with van der Waals surface area (Å²) in [5, 5.41) is 3.59. The number of aryl methyl sites for hydroxylation is 1. The van der Waals surface area contributed by atoms with Gasteiger partial charge in [-0.15, -0.1) is 0 Å². The van der Waals surface area contributed by atoms with E-state index in [1.807, 2.05) is 20.2 Å². The number of nitrogens with one attached hydrogen (secondary N) is 2. The zero-order valence-corrected chi connectivity index (χ0v) is 13.5. The number of hydrogen-bond acceptors (Lipinski definition) is 3. The Balaban J connectivity index is 2.13. The Morgan fingerprint density at radius 1 is 1.24 bits per heavy atom. The van der Waals surface area contributed by atoms with Crippen LogP contribution in [0.15, 0.2) is 41.4 Å². The maximum Gasteiger partial charge on any atom is 0.242 e. The van der Waals surface area contributed by atoms with Crippen LogP contribution in [-0.4, -0.2) is 20.0 Å². The molecule has 0 fully saturated rings. The third-order valence-corrected chi connectivity index (χ3v) is 4.71. The van der Waals surface area contributed by atoms with Crippen LogP contribution < -0.4 is 10.0 Å². The van der Waals surface area contributed by atoms with Gasteiger partial charge in [0.05, 0.1) is 4.90 Å². The molecule has 2 rings (SSSR count). The highest BCUT2D eigenvalue weighted by atomic mass is 35.5. The van der Waals surface area contributed by atoms with Gasteiger partial charge in [-0.3, -0.25) is 0 Å². The molecule has 0 spiro atoms. The Morgan fingerprint density at radius 2 is 2.00 bits per heavy atom. The van der Waals surface area contributed by atoms with E-state index in [2.05, 4.69) is 10.0 Å². The first-order valence-corrected chi connectivity index (χ1v) is 8.32. The topological polar surface area (TPSA) is 63.1 Å². The lowest BCUT2D eigenvalue weighted by Crippen LogP contribution is -2.22. The molecule has 0 radical (unpaired) electrons. The van der Waals surface area contributed by atoms with Crippen molar-refractivity contribution in [2.45, 2.75) is 18.0 Å². The molecule has 1 aromatic carbocycles.